The molecule has 4 aromatic rings. The van der Waals surface area contributed by atoms with E-state index in [1.807, 2.05) is 24.3 Å². The lowest BCUT2D eigenvalue weighted by molar-refractivity contribution is -0.151. The van der Waals surface area contributed by atoms with E-state index >= 15 is 0 Å². The molecule has 0 radical (unpaired) electrons. The van der Waals surface area contributed by atoms with E-state index in [0.29, 0.717) is 16.1 Å². The zero-order chi connectivity index (χ0) is 26.4. The zero-order valence-corrected chi connectivity index (χ0v) is 21.0. The van der Waals surface area contributed by atoms with Crippen LogP contribution in [0.1, 0.15) is 23.1 Å². The minimum atomic E-state index is -1.91. The van der Waals surface area contributed by atoms with Crippen molar-refractivity contribution in [2.24, 2.45) is 5.73 Å². The molecule has 1 saturated heterocycles. The van der Waals surface area contributed by atoms with Gasteiger partial charge in [-0.15, -0.1) is 0 Å². The Kier molecular flexibility index (Phi) is 5.98. The van der Waals surface area contributed by atoms with Crippen LogP contribution >= 0.6 is 11.6 Å². The lowest BCUT2D eigenvalue weighted by Crippen LogP contribution is -2.53. The van der Waals surface area contributed by atoms with Crippen molar-refractivity contribution in [1.29, 1.82) is 0 Å². The minimum Gasteiger partial charge on any atom is -0.372 e. The molecule has 9 nitrogen and oxygen atoms in total. The molecular weight excluding hydrogens is 504 g/mol. The number of rotatable bonds is 5. The van der Waals surface area contributed by atoms with Crippen LogP contribution in [0.15, 0.2) is 79.4 Å². The van der Waals surface area contributed by atoms with Gasteiger partial charge in [-0.25, -0.2) is 9.67 Å². The molecule has 2 heterocycles. The van der Waals surface area contributed by atoms with Crippen LogP contribution in [-0.4, -0.2) is 55.2 Å². The van der Waals surface area contributed by atoms with Crippen molar-refractivity contribution in [2.75, 3.05) is 6.54 Å². The number of aliphatic hydroxyl groups is 1. The van der Waals surface area contributed by atoms with Gasteiger partial charge in [-0.1, -0.05) is 60.1 Å². The van der Waals surface area contributed by atoms with Crippen molar-refractivity contribution in [1.82, 2.24) is 25.0 Å². The molecule has 3 aromatic carbocycles. The van der Waals surface area contributed by atoms with E-state index in [4.69, 9.17) is 17.3 Å². The number of carbonyl (C=O) groups is 2. The first-order chi connectivity index (χ1) is 18.4. The van der Waals surface area contributed by atoms with E-state index in [1.165, 1.54) is 11.2 Å². The maximum atomic E-state index is 14.1. The van der Waals surface area contributed by atoms with Crippen molar-refractivity contribution in [3.63, 3.8) is 0 Å². The molecular formula is C28H25ClN6O3. The van der Waals surface area contributed by atoms with Crippen LogP contribution in [0.2, 0.25) is 5.02 Å². The normalized spacial score (nSPS) is 19.2. The van der Waals surface area contributed by atoms with Gasteiger partial charge < -0.3 is 21.1 Å². The number of halogens is 1. The van der Waals surface area contributed by atoms with Gasteiger partial charge in [0.05, 0.1) is 5.69 Å². The van der Waals surface area contributed by atoms with Crippen molar-refractivity contribution in [3.8, 4) is 16.8 Å². The van der Waals surface area contributed by atoms with E-state index in [2.05, 4.69) is 15.4 Å². The Balaban J connectivity index is 1.28. The molecule has 2 aliphatic rings. The predicted octanol–water partition coefficient (Wildman–Crippen LogP) is 2.38. The highest BCUT2D eigenvalue weighted by atomic mass is 35.5. The second-order valence-electron chi connectivity index (χ2n) is 9.60. The largest absolute Gasteiger partial charge is 0.372 e. The first-order valence-corrected chi connectivity index (χ1v) is 12.6. The summed E-state index contributed by atoms with van der Waals surface area (Å²) in [6, 6.07) is 18.6. The van der Waals surface area contributed by atoms with Gasteiger partial charge >= 0.3 is 0 Å². The van der Waals surface area contributed by atoms with Gasteiger partial charge in [0, 0.05) is 35.3 Å². The number of aromatic nitrogens is 3. The second-order valence-corrected chi connectivity index (χ2v) is 10.0. The number of nitrogens with zero attached hydrogens (tertiary/aromatic N) is 4. The van der Waals surface area contributed by atoms with Crippen molar-refractivity contribution in [2.45, 2.75) is 30.7 Å². The number of nitrogens with one attached hydrogen (secondary N) is 1. The summed E-state index contributed by atoms with van der Waals surface area (Å²) >= 11 is 6.22. The molecule has 10 heteroatoms. The Bertz CT molecular complexity index is 1490. The first-order valence-electron chi connectivity index (χ1n) is 12.3. The molecule has 0 unspecified atom stereocenters. The fourth-order valence-corrected chi connectivity index (χ4v) is 5.74. The Labute approximate surface area is 223 Å². The van der Waals surface area contributed by atoms with Crippen molar-refractivity contribution < 1.29 is 14.7 Å². The summed E-state index contributed by atoms with van der Waals surface area (Å²) in [7, 11) is 0. The monoisotopic (exact) mass is 528 g/mol. The zero-order valence-electron chi connectivity index (χ0n) is 20.3. The van der Waals surface area contributed by atoms with Crippen LogP contribution in [-0.2, 0) is 21.7 Å². The summed E-state index contributed by atoms with van der Waals surface area (Å²) in [5.41, 5.74) is 8.38. The van der Waals surface area contributed by atoms with E-state index in [-0.39, 0.29) is 25.4 Å². The summed E-state index contributed by atoms with van der Waals surface area (Å²) in [6.07, 6.45) is 3.26. The summed E-state index contributed by atoms with van der Waals surface area (Å²) in [6.45, 7) is 0.309. The van der Waals surface area contributed by atoms with Gasteiger partial charge in [0.15, 0.2) is 5.60 Å². The third-order valence-electron chi connectivity index (χ3n) is 7.29. The molecule has 192 valence electrons. The molecule has 2 atom stereocenters. The molecule has 0 spiro atoms. The molecule has 1 aromatic heterocycles. The topological polar surface area (TPSA) is 126 Å². The average molecular weight is 529 g/mol. The van der Waals surface area contributed by atoms with E-state index in [9.17, 15) is 14.7 Å². The number of nitrogens with two attached hydrogens (primary N) is 1. The van der Waals surface area contributed by atoms with Crippen LogP contribution in [0, 0.1) is 0 Å². The molecule has 6 rings (SSSR count). The quantitative estimate of drug-likeness (QED) is 0.365. The van der Waals surface area contributed by atoms with Gasteiger partial charge in [-0.2, -0.15) is 5.10 Å². The predicted molar refractivity (Wildman–Crippen MR) is 141 cm³/mol. The lowest BCUT2D eigenvalue weighted by atomic mass is 9.89. The summed E-state index contributed by atoms with van der Waals surface area (Å²) in [4.78, 5) is 32.9. The highest BCUT2D eigenvalue weighted by Crippen LogP contribution is 2.48. The third kappa shape index (κ3) is 3.87. The highest BCUT2D eigenvalue weighted by molar-refractivity contribution is 6.30. The minimum absolute atomic E-state index is 0.151. The van der Waals surface area contributed by atoms with E-state index in [1.54, 1.807) is 53.5 Å². The average Bonchev–Trinajstić information content (AvgIpc) is 3.66. The number of fused-ring (bicyclic) bond motifs is 3. The van der Waals surface area contributed by atoms with Crippen molar-refractivity contribution >= 4 is 23.4 Å². The van der Waals surface area contributed by atoms with Gasteiger partial charge in [0.1, 0.15) is 18.7 Å². The van der Waals surface area contributed by atoms with E-state index in [0.717, 1.165) is 22.4 Å². The fourth-order valence-electron chi connectivity index (χ4n) is 5.54. The molecule has 4 N–H and O–H groups in total. The smallest absolute Gasteiger partial charge is 0.264 e. The van der Waals surface area contributed by atoms with Crippen LogP contribution in [0.25, 0.3) is 16.8 Å². The van der Waals surface area contributed by atoms with Crippen LogP contribution in [0.4, 0.5) is 0 Å². The number of carbonyl (C=O) groups excluding carboxylic acids is 2. The molecule has 0 saturated carbocycles. The Morgan fingerprint density at radius 2 is 1.76 bits per heavy atom. The highest BCUT2D eigenvalue weighted by Gasteiger charge is 2.53. The molecule has 1 aliphatic heterocycles. The summed E-state index contributed by atoms with van der Waals surface area (Å²) in [5, 5.41) is 19.6. The maximum absolute atomic E-state index is 14.1. The third-order valence-corrected chi connectivity index (χ3v) is 7.53. The number of benzene rings is 3. The van der Waals surface area contributed by atoms with Crippen LogP contribution < -0.4 is 11.1 Å². The molecule has 2 amide bonds. The number of amides is 2. The first kappa shape index (κ1) is 24.3. The summed E-state index contributed by atoms with van der Waals surface area (Å²) in [5.74, 6) is -0.923. The molecule has 1 aliphatic carbocycles. The Hall–Kier alpha value is -4.05. The lowest BCUT2D eigenvalue weighted by Gasteiger charge is -2.32. The number of hydrogen-bond acceptors (Lipinski definition) is 6. The van der Waals surface area contributed by atoms with E-state index < -0.39 is 23.6 Å². The van der Waals surface area contributed by atoms with Gasteiger partial charge in [0.2, 0.25) is 5.91 Å². The SMILES string of the molecule is N[C@H]1C[C@@H](C(=O)NCc2cc(Cl)ccc2-n2cncn2)N(C(=O)C2(O)c3ccccc3-c3ccccc32)C1. The van der Waals surface area contributed by atoms with Gasteiger partial charge in [0.25, 0.3) is 5.91 Å². The Morgan fingerprint density at radius 1 is 1.08 bits per heavy atom. The fraction of sp³-hybridized carbons (Fsp3) is 0.214. The maximum Gasteiger partial charge on any atom is 0.264 e. The number of likely N-dealkylation sites (tertiary alicyclic amines) is 1. The Morgan fingerprint density at radius 3 is 2.42 bits per heavy atom. The molecule has 38 heavy (non-hydrogen) atoms. The molecule has 0 bridgehead atoms. The van der Waals surface area contributed by atoms with Crippen LogP contribution in [0.5, 0.6) is 0 Å². The second kappa shape index (κ2) is 9.36. The van der Waals surface area contributed by atoms with Gasteiger partial charge in [-0.3, -0.25) is 9.59 Å². The van der Waals surface area contributed by atoms with Gasteiger partial charge in [-0.05, 0) is 41.3 Å². The number of hydrogen-bond donors (Lipinski definition) is 3. The standard InChI is InChI=1S/C28H25ClN6O3/c29-18-9-10-24(35-16-31-15-33-35)17(11-18)13-32-26(36)25-12-19(30)14-34(25)27(37)28(38)22-7-3-1-5-20(22)21-6-2-4-8-23(21)28/h1-11,15-16,19,25,38H,12-14,30H2,(H,32,36)/t19-,25-/m0/s1. The summed E-state index contributed by atoms with van der Waals surface area (Å²) < 4.78 is 1.59. The van der Waals surface area contributed by atoms with Crippen LogP contribution in [0.3, 0.4) is 0 Å². The van der Waals surface area contributed by atoms with Crippen molar-refractivity contribution in [3.05, 3.63) is 101 Å². The molecule has 1 fully saturated rings.